The lowest BCUT2D eigenvalue weighted by atomic mass is 10.2. The summed E-state index contributed by atoms with van der Waals surface area (Å²) in [4.78, 5) is 0.407. The van der Waals surface area contributed by atoms with Crippen molar-refractivity contribution in [3.05, 3.63) is 58.7 Å². The molecule has 0 bridgehead atoms. The predicted octanol–water partition coefficient (Wildman–Crippen LogP) is 2.18. The van der Waals surface area contributed by atoms with Crippen molar-refractivity contribution in [2.24, 2.45) is 0 Å². The van der Waals surface area contributed by atoms with Gasteiger partial charge in [-0.15, -0.1) is 0 Å². The van der Waals surface area contributed by atoms with Gasteiger partial charge in [-0.25, -0.2) is 26.3 Å². The Morgan fingerprint density at radius 3 is 1.35 bits per heavy atom. The third kappa shape index (κ3) is 4.91. The lowest BCUT2D eigenvalue weighted by Crippen LogP contribution is -2.35. The van der Waals surface area contributed by atoms with Crippen molar-refractivity contribution in [3.8, 4) is 0 Å². The molecule has 0 aliphatic rings. The van der Waals surface area contributed by atoms with E-state index in [9.17, 15) is 16.8 Å². The van der Waals surface area contributed by atoms with E-state index in [1.165, 1.54) is 0 Å². The van der Waals surface area contributed by atoms with Crippen LogP contribution in [0.4, 0.5) is 0 Å². The molecular formula is C18H24N2O4S2. The van der Waals surface area contributed by atoms with Gasteiger partial charge in [0, 0.05) is 13.1 Å². The van der Waals surface area contributed by atoms with Crippen LogP contribution in [0.3, 0.4) is 0 Å². The molecule has 0 aliphatic heterocycles. The van der Waals surface area contributed by atoms with Crippen LogP contribution < -0.4 is 9.44 Å². The second-order valence-electron chi connectivity index (χ2n) is 6.33. The third-order valence-corrected chi connectivity index (χ3v) is 7.18. The van der Waals surface area contributed by atoms with Crippen molar-refractivity contribution < 1.29 is 16.8 Å². The van der Waals surface area contributed by atoms with Crippen LogP contribution in [0.1, 0.15) is 22.3 Å². The third-order valence-electron chi connectivity index (χ3n) is 3.98. The van der Waals surface area contributed by atoms with Gasteiger partial charge in [0.05, 0.1) is 9.79 Å². The number of aryl methyl sites for hydroxylation is 4. The maximum Gasteiger partial charge on any atom is 0.240 e. The van der Waals surface area contributed by atoms with Gasteiger partial charge in [0.1, 0.15) is 0 Å². The van der Waals surface area contributed by atoms with E-state index in [0.29, 0.717) is 11.1 Å². The monoisotopic (exact) mass is 396 g/mol. The fourth-order valence-electron chi connectivity index (χ4n) is 2.52. The molecule has 2 N–H and O–H groups in total. The molecule has 0 amide bonds. The van der Waals surface area contributed by atoms with Crippen molar-refractivity contribution in [1.29, 1.82) is 0 Å². The molecule has 8 heteroatoms. The Morgan fingerprint density at radius 2 is 1.00 bits per heavy atom. The van der Waals surface area contributed by atoms with Gasteiger partial charge in [-0.2, -0.15) is 0 Å². The van der Waals surface area contributed by atoms with E-state index >= 15 is 0 Å². The highest BCUT2D eigenvalue weighted by atomic mass is 32.2. The predicted molar refractivity (Wildman–Crippen MR) is 102 cm³/mol. The first kappa shape index (κ1) is 20.6. The fraction of sp³-hybridized carbons (Fsp3) is 0.333. The molecule has 2 aromatic carbocycles. The topological polar surface area (TPSA) is 92.3 Å². The number of sulfonamides is 2. The standard InChI is InChI=1S/C18H24N2O4S2/c1-13-5-7-15(3)17(11-13)25(21,22)19-9-10-20-26(23,24)18-12-14(2)6-8-16(18)4/h5-8,11-12,19-20H,9-10H2,1-4H3. The molecule has 0 fully saturated rings. The molecule has 0 unspecified atom stereocenters. The first-order valence-corrected chi connectivity index (χ1v) is 11.1. The van der Waals surface area contributed by atoms with Crippen molar-refractivity contribution in [1.82, 2.24) is 9.44 Å². The van der Waals surface area contributed by atoms with Crippen molar-refractivity contribution in [2.75, 3.05) is 13.1 Å². The molecule has 142 valence electrons. The molecule has 6 nitrogen and oxygen atoms in total. The Labute approximate surface area is 155 Å². The van der Waals surface area contributed by atoms with Crippen molar-refractivity contribution in [3.63, 3.8) is 0 Å². The zero-order chi connectivity index (χ0) is 19.5. The Morgan fingerprint density at radius 1 is 0.654 bits per heavy atom. The molecular weight excluding hydrogens is 372 g/mol. The maximum atomic E-state index is 12.4. The molecule has 0 aliphatic carbocycles. The molecule has 0 aromatic heterocycles. The second kappa shape index (κ2) is 7.87. The van der Waals surface area contributed by atoms with Crippen molar-refractivity contribution in [2.45, 2.75) is 37.5 Å². The van der Waals surface area contributed by atoms with Crippen LogP contribution in [-0.2, 0) is 20.0 Å². The average Bonchev–Trinajstić information content (AvgIpc) is 2.56. The largest absolute Gasteiger partial charge is 0.240 e. The summed E-state index contributed by atoms with van der Waals surface area (Å²) in [6.07, 6.45) is 0. The average molecular weight is 397 g/mol. The minimum absolute atomic E-state index is 0.0419. The van der Waals surface area contributed by atoms with E-state index in [2.05, 4.69) is 9.44 Å². The summed E-state index contributed by atoms with van der Waals surface area (Å²) < 4.78 is 54.5. The van der Waals surface area contributed by atoms with Crippen LogP contribution in [0.2, 0.25) is 0 Å². The summed E-state index contributed by atoms with van der Waals surface area (Å²) in [7, 11) is -7.39. The zero-order valence-electron chi connectivity index (χ0n) is 15.3. The number of hydrogen-bond donors (Lipinski definition) is 2. The Kier molecular flexibility index (Phi) is 6.23. The van der Waals surface area contributed by atoms with E-state index in [-0.39, 0.29) is 22.9 Å². The SMILES string of the molecule is Cc1ccc(C)c(S(=O)(=O)NCCNS(=O)(=O)c2cc(C)ccc2C)c1. The van der Waals surface area contributed by atoms with E-state index in [0.717, 1.165) is 11.1 Å². The van der Waals surface area contributed by atoms with E-state index in [1.54, 1.807) is 38.1 Å². The van der Waals surface area contributed by atoms with Crippen LogP contribution in [0, 0.1) is 27.7 Å². The normalized spacial score (nSPS) is 12.3. The Bertz CT molecular complexity index is 930. The fourth-order valence-corrected chi connectivity index (χ4v) is 5.24. The summed E-state index contributed by atoms with van der Waals surface area (Å²) in [5.74, 6) is 0. The highest BCUT2D eigenvalue weighted by Crippen LogP contribution is 2.17. The van der Waals surface area contributed by atoms with Crippen LogP contribution in [0.25, 0.3) is 0 Å². The van der Waals surface area contributed by atoms with Crippen LogP contribution in [-0.4, -0.2) is 29.9 Å². The van der Waals surface area contributed by atoms with E-state index in [4.69, 9.17) is 0 Å². The summed E-state index contributed by atoms with van der Waals surface area (Å²) in [6, 6.07) is 10.4. The summed E-state index contributed by atoms with van der Waals surface area (Å²) in [5.41, 5.74) is 2.95. The number of hydrogen-bond acceptors (Lipinski definition) is 4. The van der Waals surface area contributed by atoms with Crippen molar-refractivity contribution >= 4 is 20.0 Å². The lowest BCUT2D eigenvalue weighted by molar-refractivity contribution is 0.570. The molecule has 0 saturated carbocycles. The minimum Gasteiger partial charge on any atom is -0.210 e. The highest BCUT2D eigenvalue weighted by Gasteiger charge is 2.19. The molecule has 2 aromatic rings. The van der Waals surface area contributed by atoms with Gasteiger partial charge in [-0.3, -0.25) is 0 Å². The molecule has 0 radical (unpaired) electrons. The zero-order valence-corrected chi connectivity index (χ0v) is 17.0. The highest BCUT2D eigenvalue weighted by molar-refractivity contribution is 7.90. The van der Waals surface area contributed by atoms with Crippen LogP contribution in [0.5, 0.6) is 0 Å². The Hall–Kier alpha value is -1.74. The second-order valence-corrected chi connectivity index (χ2v) is 9.80. The van der Waals surface area contributed by atoms with Gasteiger partial charge in [0.2, 0.25) is 20.0 Å². The molecule has 0 heterocycles. The van der Waals surface area contributed by atoms with Gasteiger partial charge in [0.15, 0.2) is 0 Å². The van der Waals surface area contributed by atoms with Gasteiger partial charge in [-0.05, 0) is 62.1 Å². The number of nitrogens with one attached hydrogen (secondary N) is 2. The minimum atomic E-state index is -3.70. The lowest BCUT2D eigenvalue weighted by Gasteiger charge is -2.12. The number of rotatable bonds is 7. The van der Waals surface area contributed by atoms with Gasteiger partial charge in [0.25, 0.3) is 0 Å². The smallest absolute Gasteiger partial charge is 0.210 e. The molecule has 2 rings (SSSR count). The number of benzene rings is 2. The van der Waals surface area contributed by atoms with Gasteiger partial charge in [-0.1, -0.05) is 24.3 Å². The van der Waals surface area contributed by atoms with Gasteiger partial charge < -0.3 is 0 Å². The van der Waals surface area contributed by atoms with E-state index < -0.39 is 20.0 Å². The van der Waals surface area contributed by atoms with E-state index in [1.807, 2.05) is 26.0 Å². The summed E-state index contributed by atoms with van der Waals surface area (Å²) in [6.45, 7) is 6.99. The van der Waals surface area contributed by atoms with Gasteiger partial charge >= 0.3 is 0 Å². The maximum absolute atomic E-state index is 12.4. The molecule has 26 heavy (non-hydrogen) atoms. The quantitative estimate of drug-likeness (QED) is 0.702. The molecule has 0 spiro atoms. The molecule has 0 atom stereocenters. The molecule has 0 saturated heterocycles. The summed E-state index contributed by atoms with van der Waals surface area (Å²) >= 11 is 0. The Balaban J connectivity index is 2.04. The van der Waals surface area contributed by atoms with Crippen LogP contribution in [0.15, 0.2) is 46.2 Å². The first-order valence-electron chi connectivity index (χ1n) is 8.17. The van der Waals surface area contributed by atoms with Crippen LogP contribution >= 0.6 is 0 Å². The summed E-state index contributed by atoms with van der Waals surface area (Å²) in [5, 5.41) is 0. The first-order chi connectivity index (χ1) is 12.0.